The molecule has 0 spiro atoms. The largest absolute Gasteiger partial charge is 0.478 e. The summed E-state index contributed by atoms with van der Waals surface area (Å²) >= 11 is 0. The van der Waals surface area contributed by atoms with Gasteiger partial charge in [-0.25, -0.2) is 9.80 Å². The predicted octanol–water partition coefficient (Wildman–Crippen LogP) is 2.06. The van der Waals surface area contributed by atoms with Gasteiger partial charge in [0.25, 0.3) is 0 Å². The number of hydrogen-bond donors (Lipinski definition) is 2. The molecule has 122 valence electrons. The highest BCUT2D eigenvalue weighted by atomic mass is 16.4. The first-order valence-electron chi connectivity index (χ1n) is 7.69. The van der Waals surface area contributed by atoms with E-state index in [1.54, 1.807) is 30.3 Å². The van der Waals surface area contributed by atoms with Crippen LogP contribution in [0.1, 0.15) is 15.9 Å². The zero-order valence-electron chi connectivity index (χ0n) is 13.1. The van der Waals surface area contributed by atoms with Crippen LogP contribution in [0.15, 0.2) is 60.7 Å². The standard InChI is InChI=1S/C11H17N3.C7H6O2/c12-14-8-6-13(7-9-14)10-11-4-2-1-3-5-11;8-7(9)6-4-2-1-3-5-6/h1-5H,6-10,12H2;1-5H,(H,8,9). The summed E-state index contributed by atoms with van der Waals surface area (Å²) in [5, 5.41) is 10.3. The highest BCUT2D eigenvalue weighted by Crippen LogP contribution is 2.06. The second-order valence-corrected chi connectivity index (χ2v) is 5.47. The molecule has 2 aromatic rings. The Hall–Kier alpha value is -2.21. The molecule has 3 N–H and O–H groups in total. The smallest absolute Gasteiger partial charge is 0.335 e. The van der Waals surface area contributed by atoms with E-state index in [1.165, 1.54) is 5.56 Å². The molecule has 0 aromatic heterocycles. The third-order valence-corrected chi connectivity index (χ3v) is 3.68. The maximum absolute atomic E-state index is 10.2. The van der Waals surface area contributed by atoms with Crippen molar-refractivity contribution in [2.75, 3.05) is 26.2 Å². The van der Waals surface area contributed by atoms with E-state index in [-0.39, 0.29) is 0 Å². The van der Waals surface area contributed by atoms with E-state index in [0.717, 1.165) is 32.7 Å². The number of hydrazine groups is 1. The lowest BCUT2D eigenvalue weighted by atomic mass is 10.2. The van der Waals surface area contributed by atoms with Crippen LogP contribution in [0.25, 0.3) is 0 Å². The van der Waals surface area contributed by atoms with Gasteiger partial charge >= 0.3 is 5.97 Å². The molecule has 1 aliphatic rings. The number of piperazine rings is 1. The minimum absolute atomic E-state index is 0.331. The molecule has 0 aliphatic carbocycles. The number of hydrogen-bond acceptors (Lipinski definition) is 4. The summed E-state index contributed by atoms with van der Waals surface area (Å²) in [4.78, 5) is 12.6. The first kappa shape index (κ1) is 17.1. The fourth-order valence-corrected chi connectivity index (χ4v) is 2.34. The molecule has 0 unspecified atom stereocenters. The molecular formula is C18H23N3O2. The predicted molar refractivity (Wildman–Crippen MR) is 90.9 cm³/mol. The molecule has 5 nitrogen and oxygen atoms in total. The second kappa shape index (κ2) is 9.05. The van der Waals surface area contributed by atoms with Gasteiger partial charge in [0.05, 0.1) is 5.56 Å². The normalized spacial score (nSPS) is 15.5. The van der Waals surface area contributed by atoms with Crippen LogP contribution in [0.2, 0.25) is 0 Å². The number of aromatic carboxylic acids is 1. The number of carboxylic acids is 1. The lowest BCUT2D eigenvalue weighted by Gasteiger charge is -2.31. The molecule has 0 atom stereocenters. The molecule has 0 radical (unpaired) electrons. The molecule has 23 heavy (non-hydrogen) atoms. The van der Waals surface area contributed by atoms with Gasteiger partial charge in [0.1, 0.15) is 0 Å². The Morgan fingerprint density at radius 2 is 1.43 bits per heavy atom. The first-order valence-corrected chi connectivity index (χ1v) is 7.69. The minimum atomic E-state index is -0.879. The van der Waals surface area contributed by atoms with E-state index in [2.05, 4.69) is 35.2 Å². The highest BCUT2D eigenvalue weighted by molar-refractivity contribution is 5.87. The quantitative estimate of drug-likeness (QED) is 0.849. The van der Waals surface area contributed by atoms with Gasteiger partial charge in [-0.2, -0.15) is 0 Å². The van der Waals surface area contributed by atoms with Crippen molar-refractivity contribution in [3.8, 4) is 0 Å². The van der Waals surface area contributed by atoms with Crippen LogP contribution in [-0.4, -0.2) is 47.2 Å². The van der Waals surface area contributed by atoms with E-state index >= 15 is 0 Å². The summed E-state index contributed by atoms with van der Waals surface area (Å²) in [6.45, 7) is 5.16. The Morgan fingerprint density at radius 1 is 0.913 bits per heavy atom. The third kappa shape index (κ3) is 6.20. The van der Waals surface area contributed by atoms with Crippen molar-refractivity contribution >= 4 is 5.97 Å². The number of rotatable bonds is 3. The molecule has 0 bridgehead atoms. The highest BCUT2D eigenvalue weighted by Gasteiger charge is 2.13. The lowest BCUT2D eigenvalue weighted by Crippen LogP contribution is -2.48. The topological polar surface area (TPSA) is 69.8 Å². The molecule has 3 rings (SSSR count). The summed E-state index contributed by atoms with van der Waals surface area (Å²) in [5.74, 6) is 4.82. The van der Waals surface area contributed by atoms with E-state index in [9.17, 15) is 4.79 Å². The third-order valence-electron chi connectivity index (χ3n) is 3.68. The maximum atomic E-state index is 10.2. The summed E-state index contributed by atoms with van der Waals surface area (Å²) in [5.41, 5.74) is 1.72. The Balaban J connectivity index is 0.000000185. The average molecular weight is 313 g/mol. The maximum Gasteiger partial charge on any atom is 0.335 e. The molecular weight excluding hydrogens is 290 g/mol. The Kier molecular flexibility index (Phi) is 6.75. The van der Waals surface area contributed by atoms with Crippen LogP contribution in [0, 0.1) is 0 Å². The zero-order chi connectivity index (χ0) is 16.5. The summed E-state index contributed by atoms with van der Waals surface area (Å²) < 4.78 is 0. The number of carboxylic acid groups (broad SMARTS) is 1. The molecule has 1 saturated heterocycles. The van der Waals surface area contributed by atoms with Gasteiger partial charge in [-0.3, -0.25) is 10.7 Å². The van der Waals surface area contributed by atoms with Gasteiger partial charge in [-0.05, 0) is 17.7 Å². The second-order valence-electron chi connectivity index (χ2n) is 5.47. The van der Waals surface area contributed by atoms with E-state index in [4.69, 9.17) is 10.9 Å². The molecule has 1 fully saturated rings. The number of nitrogens with two attached hydrogens (primary N) is 1. The Labute approximate surface area is 136 Å². The molecule has 5 heteroatoms. The molecule has 1 aliphatic heterocycles. The van der Waals surface area contributed by atoms with Crippen molar-refractivity contribution in [3.05, 3.63) is 71.8 Å². The molecule has 0 amide bonds. The summed E-state index contributed by atoms with van der Waals surface area (Å²) in [7, 11) is 0. The van der Waals surface area contributed by atoms with E-state index < -0.39 is 5.97 Å². The molecule has 2 aromatic carbocycles. The zero-order valence-corrected chi connectivity index (χ0v) is 13.1. The monoisotopic (exact) mass is 313 g/mol. The molecule has 0 saturated carbocycles. The number of nitrogens with zero attached hydrogens (tertiary/aromatic N) is 2. The fraction of sp³-hybridized carbons (Fsp3) is 0.278. The van der Waals surface area contributed by atoms with E-state index in [1.807, 2.05) is 5.01 Å². The SMILES string of the molecule is NN1CCN(Cc2ccccc2)CC1.O=C(O)c1ccccc1. The fourth-order valence-electron chi connectivity index (χ4n) is 2.34. The van der Waals surface area contributed by atoms with Crippen LogP contribution in [0.4, 0.5) is 0 Å². The van der Waals surface area contributed by atoms with Gasteiger partial charge in [0.2, 0.25) is 0 Å². The van der Waals surface area contributed by atoms with Crippen LogP contribution in [-0.2, 0) is 6.54 Å². The van der Waals surface area contributed by atoms with Crippen molar-refractivity contribution in [2.24, 2.45) is 5.84 Å². The molecule has 1 heterocycles. The van der Waals surface area contributed by atoms with Gasteiger partial charge in [-0.15, -0.1) is 0 Å². The van der Waals surface area contributed by atoms with Gasteiger partial charge < -0.3 is 5.11 Å². The van der Waals surface area contributed by atoms with Crippen molar-refractivity contribution in [2.45, 2.75) is 6.54 Å². The number of carbonyl (C=O) groups is 1. The Bertz CT molecular complexity index is 582. The van der Waals surface area contributed by atoms with Gasteiger partial charge in [0, 0.05) is 32.7 Å². The van der Waals surface area contributed by atoms with Gasteiger partial charge in [-0.1, -0.05) is 48.5 Å². The van der Waals surface area contributed by atoms with Crippen molar-refractivity contribution in [3.63, 3.8) is 0 Å². The van der Waals surface area contributed by atoms with Gasteiger partial charge in [0.15, 0.2) is 0 Å². The lowest BCUT2D eigenvalue weighted by molar-refractivity contribution is 0.0697. The van der Waals surface area contributed by atoms with Crippen LogP contribution in [0.3, 0.4) is 0 Å². The first-order chi connectivity index (χ1) is 11.1. The van der Waals surface area contributed by atoms with Crippen molar-refractivity contribution < 1.29 is 9.90 Å². The van der Waals surface area contributed by atoms with Crippen LogP contribution < -0.4 is 5.84 Å². The number of benzene rings is 2. The summed E-state index contributed by atoms with van der Waals surface area (Å²) in [6, 6.07) is 18.9. The van der Waals surface area contributed by atoms with E-state index in [0.29, 0.717) is 5.56 Å². The Morgan fingerprint density at radius 3 is 1.91 bits per heavy atom. The van der Waals surface area contributed by atoms with Crippen molar-refractivity contribution in [1.29, 1.82) is 0 Å². The summed E-state index contributed by atoms with van der Waals surface area (Å²) in [6.07, 6.45) is 0. The van der Waals surface area contributed by atoms with Crippen LogP contribution in [0.5, 0.6) is 0 Å². The van der Waals surface area contributed by atoms with Crippen molar-refractivity contribution in [1.82, 2.24) is 9.91 Å². The average Bonchev–Trinajstić information content (AvgIpc) is 2.59. The minimum Gasteiger partial charge on any atom is -0.478 e. The van der Waals surface area contributed by atoms with Crippen LogP contribution >= 0.6 is 0 Å².